The van der Waals surface area contributed by atoms with Crippen molar-refractivity contribution in [1.29, 1.82) is 0 Å². The maximum atomic E-state index is 12.3. The van der Waals surface area contributed by atoms with Crippen LogP contribution in [0.15, 0.2) is 61.7 Å². The van der Waals surface area contributed by atoms with Crippen LogP contribution in [0, 0.1) is 5.92 Å². The molecule has 0 fully saturated rings. The molecule has 27 heavy (non-hydrogen) atoms. The highest BCUT2D eigenvalue weighted by atomic mass is 16.6. The van der Waals surface area contributed by atoms with Crippen LogP contribution < -0.4 is 0 Å². The molecule has 4 nitrogen and oxygen atoms in total. The molecule has 140 valence electrons. The monoisotopic (exact) mass is 364 g/mol. The lowest BCUT2D eigenvalue weighted by atomic mass is 10.1. The Labute approximate surface area is 160 Å². The van der Waals surface area contributed by atoms with Crippen molar-refractivity contribution < 1.29 is 19.1 Å². The molecule has 0 saturated carbocycles. The van der Waals surface area contributed by atoms with Crippen molar-refractivity contribution in [2.45, 2.75) is 26.6 Å². The average Bonchev–Trinajstić information content (AvgIpc) is 2.71. The van der Waals surface area contributed by atoms with Crippen molar-refractivity contribution in [3.8, 4) is 0 Å². The molecule has 2 rings (SSSR count). The fourth-order valence-electron chi connectivity index (χ4n) is 2.56. The summed E-state index contributed by atoms with van der Waals surface area (Å²) < 4.78 is 10.6. The van der Waals surface area contributed by atoms with Gasteiger partial charge in [0.25, 0.3) is 0 Å². The van der Waals surface area contributed by atoms with Crippen LogP contribution in [0.1, 0.15) is 35.6 Å². The first-order valence-corrected chi connectivity index (χ1v) is 8.83. The summed E-state index contributed by atoms with van der Waals surface area (Å²) >= 11 is 0. The largest absolute Gasteiger partial charge is 0.460 e. The maximum Gasteiger partial charge on any atom is 0.320 e. The van der Waals surface area contributed by atoms with E-state index in [1.54, 1.807) is 19.1 Å². The minimum atomic E-state index is -0.935. The molecule has 0 aromatic heterocycles. The molecular weight excluding hydrogens is 340 g/mol. The van der Waals surface area contributed by atoms with Gasteiger partial charge >= 0.3 is 11.9 Å². The lowest BCUT2D eigenvalue weighted by Crippen LogP contribution is -2.27. The minimum Gasteiger partial charge on any atom is -0.460 e. The summed E-state index contributed by atoms with van der Waals surface area (Å²) in [5.41, 5.74) is 3.56. The van der Waals surface area contributed by atoms with Gasteiger partial charge in [0.2, 0.25) is 0 Å². The van der Waals surface area contributed by atoms with Gasteiger partial charge in [0, 0.05) is 0 Å². The predicted octanol–water partition coefficient (Wildman–Crippen LogP) is 4.79. The SMILES string of the molecule is C=Cc1cccc(COC(=O)C(CC)C(=O)OCc2cccc(C=C)c2)c1. The van der Waals surface area contributed by atoms with Gasteiger partial charge in [-0.1, -0.05) is 68.6 Å². The number of hydrogen-bond acceptors (Lipinski definition) is 4. The zero-order chi connectivity index (χ0) is 19.6. The van der Waals surface area contributed by atoms with Crippen LogP contribution in [0.25, 0.3) is 12.2 Å². The standard InChI is InChI=1S/C23H24O4/c1-4-17-9-7-11-19(13-17)15-26-22(24)21(6-3)23(25)27-16-20-12-8-10-18(5-2)14-20/h4-5,7-14,21H,1-2,6,15-16H2,3H3. The third-order valence-electron chi connectivity index (χ3n) is 4.11. The van der Waals surface area contributed by atoms with Crippen LogP contribution in [0.3, 0.4) is 0 Å². The molecule has 0 N–H and O–H groups in total. The Hall–Kier alpha value is -3.14. The first-order valence-electron chi connectivity index (χ1n) is 8.83. The second-order valence-electron chi connectivity index (χ2n) is 6.07. The van der Waals surface area contributed by atoms with E-state index in [0.717, 1.165) is 22.3 Å². The van der Waals surface area contributed by atoms with E-state index in [0.29, 0.717) is 6.42 Å². The highest BCUT2D eigenvalue weighted by Gasteiger charge is 2.28. The van der Waals surface area contributed by atoms with Gasteiger partial charge < -0.3 is 9.47 Å². The first-order chi connectivity index (χ1) is 13.1. The van der Waals surface area contributed by atoms with Gasteiger partial charge in [-0.2, -0.15) is 0 Å². The number of esters is 2. The maximum absolute atomic E-state index is 12.3. The molecule has 0 aliphatic carbocycles. The molecule has 0 unspecified atom stereocenters. The normalized spacial score (nSPS) is 10.3. The summed E-state index contributed by atoms with van der Waals surface area (Å²) in [6.07, 6.45) is 3.76. The molecular formula is C23H24O4. The smallest absolute Gasteiger partial charge is 0.320 e. The van der Waals surface area contributed by atoms with Crippen molar-refractivity contribution in [2.75, 3.05) is 0 Å². The lowest BCUT2D eigenvalue weighted by Gasteiger charge is -2.14. The van der Waals surface area contributed by atoms with Gasteiger partial charge in [-0.25, -0.2) is 0 Å². The van der Waals surface area contributed by atoms with Gasteiger partial charge in [0.15, 0.2) is 5.92 Å². The van der Waals surface area contributed by atoms with E-state index < -0.39 is 17.9 Å². The first kappa shape index (κ1) is 20.2. The van der Waals surface area contributed by atoms with E-state index in [2.05, 4.69) is 13.2 Å². The Morgan fingerprint density at radius 1 is 0.889 bits per heavy atom. The molecule has 0 atom stereocenters. The summed E-state index contributed by atoms with van der Waals surface area (Å²) in [5.74, 6) is -2.09. The Morgan fingerprint density at radius 2 is 1.33 bits per heavy atom. The van der Waals surface area contributed by atoms with Gasteiger partial charge in [0.05, 0.1) is 0 Å². The van der Waals surface area contributed by atoms with Crippen molar-refractivity contribution >= 4 is 24.1 Å². The zero-order valence-corrected chi connectivity index (χ0v) is 15.5. The molecule has 4 heteroatoms. The summed E-state index contributed by atoms with van der Waals surface area (Å²) in [7, 11) is 0. The molecule has 2 aromatic carbocycles. The van der Waals surface area contributed by atoms with E-state index in [1.807, 2.05) is 48.5 Å². The second kappa shape index (κ2) is 10.1. The molecule has 0 aliphatic heterocycles. The summed E-state index contributed by atoms with van der Waals surface area (Å²) in [6, 6.07) is 15.0. The van der Waals surface area contributed by atoms with Crippen molar-refractivity contribution in [2.24, 2.45) is 5.92 Å². The number of carbonyl (C=O) groups excluding carboxylic acids is 2. The molecule has 0 amide bonds. The third kappa shape index (κ3) is 5.96. The number of hydrogen-bond donors (Lipinski definition) is 0. The molecule has 0 bridgehead atoms. The van der Waals surface area contributed by atoms with Gasteiger partial charge in [-0.05, 0) is 40.8 Å². The summed E-state index contributed by atoms with van der Waals surface area (Å²) in [6.45, 7) is 9.39. The highest BCUT2D eigenvalue weighted by molar-refractivity contribution is 5.94. The molecule has 0 saturated heterocycles. The third-order valence-corrected chi connectivity index (χ3v) is 4.11. The lowest BCUT2D eigenvalue weighted by molar-refractivity contribution is -0.163. The zero-order valence-electron chi connectivity index (χ0n) is 15.5. The minimum absolute atomic E-state index is 0.103. The fraction of sp³-hybridized carbons (Fsp3) is 0.217. The van der Waals surface area contributed by atoms with E-state index >= 15 is 0 Å². The van der Waals surface area contributed by atoms with E-state index in [9.17, 15) is 9.59 Å². The quantitative estimate of drug-likeness (QED) is 0.474. The summed E-state index contributed by atoms with van der Waals surface area (Å²) in [5, 5.41) is 0. The predicted molar refractivity (Wildman–Crippen MR) is 106 cm³/mol. The highest BCUT2D eigenvalue weighted by Crippen LogP contribution is 2.14. The Balaban J connectivity index is 1.91. The van der Waals surface area contributed by atoms with Crippen LogP contribution in [0.2, 0.25) is 0 Å². The van der Waals surface area contributed by atoms with Crippen molar-refractivity contribution in [3.05, 3.63) is 83.9 Å². The summed E-state index contributed by atoms with van der Waals surface area (Å²) in [4.78, 5) is 24.6. The molecule has 2 aromatic rings. The van der Waals surface area contributed by atoms with Gasteiger partial charge in [-0.15, -0.1) is 0 Å². The van der Waals surface area contributed by atoms with Crippen LogP contribution in [-0.4, -0.2) is 11.9 Å². The van der Waals surface area contributed by atoms with Crippen molar-refractivity contribution in [3.63, 3.8) is 0 Å². The second-order valence-corrected chi connectivity index (χ2v) is 6.07. The van der Waals surface area contributed by atoms with Gasteiger partial charge in [0.1, 0.15) is 13.2 Å². The molecule has 0 heterocycles. The topological polar surface area (TPSA) is 52.6 Å². The fourth-order valence-corrected chi connectivity index (χ4v) is 2.56. The van der Waals surface area contributed by atoms with Crippen LogP contribution >= 0.6 is 0 Å². The van der Waals surface area contributed by atoms with E-state index in [1.165, 1.54) is 0 Å². The molecule has 0 spiro atoms. The number of carbonyl (C=O) groups is 2. The number of ether oxygens (including phenoxy) is 2. The molecule has 0 radical (unpaired) electrons. The van der Waals surface area contributed by atoms with E-state index in [-0.39, 0.29) is 13.2 Å². The van der Waals surface area contributed by atoms with Crippen LogP contribution in [0.4, 0.5) is 0 Å². The Kier molecular flexibility index (Phi) is 7.56. The van der Waals surface area contributed by atoms with Crippen molar-refractivity contribution in [1.82, 2.24) is 0 Å². The van der Waals surface area contributed by atoms with Gasteiger partial charge in [-0.3, -0.25) is 9.59 Å². The average molecular weight is 364 g/mol. The molecule has 0 aliphatic rings. The number of rotatable bonds is 9. The van der Waals surface area contributed by atoms with Crippen LogP contribution in [0.5, 0.6) is 0 Å². The van der Waals surface area contributed by atoms with E-state index in [4.69, 9.17) is 9.47 Å². The Morgan fingerprint density at radius 3 is 1.70 bits per heavy atom. The van der Waals surface area contributed by atoms with Crippen LogP contribution in [-0.2, 0) is 32.3 Å². The number of benzene rings is 2. The Bertz CT molecular complexity index is 755.